The molecule has 0 amide bonds. The van der Waals surface area contributed by atoms with Crippen LogP contribution >= 0.6 is 0 Å². The van der Waals surface area contributed by atoms with Crippen LogP contribution in [-0.4, -0.2) is 0 Å². The molecule has 0 heterocycles. The van der Waals surface area contributed by atoms with Crippen LogP contribution in [0.25, 0.3) is 0 Å². The molecule has 0 rings (SSSR count). The molecular formula is C12H24. The van der Waals surface area contributed by atoms with Crippen molar-refractivity contribution in [3.63, 3.8) is 0 Å². The highest BCUT2D eigenvalue weighted by atomic mass is 14.1. The number of unbranched alkanes of at least 4 members (excludes halogenated alkanes) is 2. The zero-order valence-electron chi connectivity index (χ0n) is 9.19. The maximum Gasteiger partial charge on any atom is -0.0234 e. The highest BCUT2D eigenvalue weighted by Crippen LogP contribution is 2.17. The maximum absolute atomic E-state index is 2.36. The number of hydrogen-bond acceptors (Lipinski definition) is 0. The lowest BCUT2D eigenvalue weighted by Gasteiger charge is -2.11. The van der Waals surface area contributed by atoms with E-state index in [1.807, 2.05) is 0 Å². The average Bonchev–Trinajstić information content (AvgIpc) is 2.05. The summed E-state index contributed by atoms with van der Waals surface area (Å²) in [5, 5.41) is 0. The van der Waals surface area contributed by atoms with Crippen LogP contribution in [0.4, 0.5) is 0 Å². The van der Waals surface area contributed by atoms with E-state index < -0.39 is 0 Å². The van der Waals surface area contributed by atoms with Crippen LogP contribution in [0.15, 0.2) is 11.6 Å². The van der Waals surface area contributed by atoms with Gasteiger partial charge in [0.1, 0.15) is 0 Å². The largest absolute Gasteiger partial charge is 0.0856 e. The van der Waals surface area contributed by atoms with Gasteiger partial charge in [-0.3, -0.25) is 0 Å². The second-order valence-corrected chi connectivity index (χ2v) is 3.75. The lowest BCUT2D eigenvalue weighted by atomic mass is 9.95. The Bertz CT molecular complexity index is 122. The third-order valence-electron chi connectivity index (χ3n) is 2.54. The van der Waals surface area contributed by atoms with E-state index in [9.17, 15) is 0 Å². The Balaban J connectivity index is 3.56. The summed E-state index contributed by atoms with van der Waals surface area (Å²) < 4.78 is 0. The quantitative estimate of drug-likeness (QED) is 0.403. The van der Waals surface area contributed by atoms with Crippen molar-refractivity contribution in [1.29, 1.82) is 0 Å². The fraction of sp³-hybridized carbons (Fsp3) is 0.833. The molecule has 0 aromatic heterocycles. The summed E-state index contributed by atoms with van der Waals surface area (Å²) in [6.07, 6.45) is 9.04. The molecular weight excluding hydrogens is 144 g/mol. The maximum atomic E-state index is 2.36. The van der Waals surface area contributed by atoms with Gasteiger partial charge < -0.3 is 0 Å². The number of rotatable bonds is 6. The molecule has 1 unspecified atom stereocenters. The van der Waals surface area contributed by atoms with Gasteiger partial charge in [0.25, 0.3) is 0 Å². The summed E-state index contributed by atoms with van der Waals surface area (Å²) in [5.41, 5.74) is 1.58. The molecule has 0 saturated carbocycles. The van der Waals surface area contributed by atoms with E-state index >= 15 is 0 Å². The molecule has 0 spiro atoms. The Morgan fingerprint density at radius 3 is 2.42 bits per heavy atom. The normalized spacial score (nSPS) is 14.8. The Kier molecular flexibility index (Phi) is 7.23. The number of allylic oxidation sites excluding steroid dienone is 2. The van der Waals surface area contributed by atoms with E-state index in [1.54, 1.807) is 5.57 Å². The summed E-state index contributed by atoms with van der Waals surface area (Å²) in [6, 6.07) is 0. The highest BCUT2D eigenvalue weighted by molar-refractivity contribution is 5.01. The van der Waals surface area contributed by atoms with Crippen molar-refractivity contribution in [2.45, 2.75) is 59.8 Å². The minimum Gasteiger partial charge on any atom is -0.0856 e. The van der Waals surface area contributed by atoms with E-state index in [4.69, 9.17) is 0 Å². The molecule has 0 aromatic rings. The zero-order valence-corrected chi connectivity index (χ0v) is 9.19. The van der Waals surface area contributed by atoms with Gasteiger partial charge in [0.15, 0.2) is 0 Å². The molecule has 1 atom stereocenters. The molecule has 0 nitrogen and oxygen atoms in total. The van der Waals surface area contributed by atoms with Crippen LogP contribution in [0.3, 0.4) is 0 Å². The molecule has 0 aromatic carbocycles. The van der Waals surface area contributed by atoms with E-state index in [1.165, 1.54) is 32.1 Å². The molecule has 0 bridgehead atoms. The molecule has 0 heteroatoms. The lowest BCUT2D eigenvalue weighted by molar-refractivity contribution is 0.552. The second kappa shape index (κ2) is 7.39. The third kappa shape index (κ3) is 5.40. The first-order valence-electron chi connectivity index (χ1n) is 5.39. The molecule has 12 heavy (non-hydrogen) atoms. The van der Waals surface area contributed by atoms with Crippen LogP contribution in [0.5, 0.6) is 0 Å². The molecule has 0 N–H and O–H groups in total. The Morgan fingerprint density at radius 2 is 1.92 bits per heavy atom. The van der Waals surface area contributed by atoms with Crippen molar-refractivity contribution in [1.82, 2.24) is 0 Å². The van der Waals surface area contributed by atoms with Crippen molar-refractivity contribution < 1.29 is 0 Å². The monoisotopic (exact) mass is 168 g/mol. The molecule has 0 aliphatic rings. The van der Waals surface area contributed by atoms with Crippen LogP contribution in [-0.2, 0) is 0 Å². The van der Waals surface area contributed by atoms with Gasteiger partial charge in [0, 0.05) is 0 Å². The van der Waals surface area contributed by atoms with Gasteiger partial charge in [-0.15, -0.1) is 0 Å². The van der Waals surface area contributed by atoms with Crippen molar-refractivity contribution in [3.05, 3.63) is 11.6 Å². The molecule has 72 valence electrons. The van der Waals surface area contributed by atoms with Crippen LogP contribution in [0.2, 0.25) is 0 Å². The first kappa shape index (κ1) is 11.7. The van der Waals surface area contributed by atoms with Crippen LogP contribution in [0.1, 0.15) is 59.8 Å². The van der Waals surface area contributed by atoms with Gasteiger partial charge in [-0.05, 0) is 25.7 Å². The predicted octanol–water partition coefficient (Wildman–Crippen LogP) is 4.56. The molecule has 0 fully saturated rings. The summed E-state index contributed by atoms with van der Waals surface area (Å²) in [6.45, 7) is 9.08. The molecule has 0 saturated heterocycles. The van der Waals surface area contributed by atoms with Crippen molar-refractivity contribution >= 4 is 0 Å². The second-order valence-electron chi connectivity index (χ2n) is 3.75. The van der Waals surface area contributed by atoms with E-state index in [0.717, 1.165) is 5.92 Å². The predicted molar refractivity (Wildman–Crippen MR) is 57.4 cm³/mol. The van der Waals surface area contributed by atoms with Gasteiger partial charge in [0.05, 0.1) is 0 Å². The SMILES string of the molecule is CCC=C(C)C(C)CCCCC. The Hall–Kier alpha value is -0.260. The average molecular weight is 168 g/mol. The van der Waals surface area contributed by atoms with E-state index in [-0.39, 0.29) is 0 Å². The van der Waals surface area contributed by atoms with Crippen molar-refractivity contribution in [2.75, 3.05) is 0 Å². The van der Waals surface area contributed by atoms with Crippen molar-refractivity contribution in [2.24, 2.45) is 5.92 Å². The topological polar surface area (TPSA) is 0 Å². The first-order valence-corrected chi connectivity index (χ1v) is 5.39. The minimum absolute atomic E-state index is 0.802. The minimum atomic E-state index is 0.802. The fourth-order valence-corrected chi connectivity index (χ4v) is 1.45. The lowest BCUT2D eigenvalue weighted by Crippen LogP contribution is -1.96. The Morgan fingerprint density at radius 1 is 1.25 bits per heavy atom. The molecule has 0 radical (unpaired) electrons. The molecule has 0 aliphatic carbocycles. The highest BCUT2D eigenvalue weighted by Gasteiger charge is 2.02. The van der Waals surface area contributed by atoms with Crippen LogP contribution in [0, 0.1) is 5.92 Å². The van der Waals surface area contributed by atoms with Gasteiger partial charge in [-0.1, -0.05) is 51.7 Å². The smallest absolute Gasteiger partial charge is 0.0234 e. The summed E-state index contributed by atoms with van der Waals surface area (Å²) in [4.78, 5) is 0. The summed E-state index contributed by atoms with van der Waals surface area (Å²) in [7, 11) is 0. The van der Waals surface area contributed by atoms with E-state index in [0.29, 0.717) is 0 Å². The standard InChI is InChI=1S/C12H24/c1-5-7-8-10-12(4)11(3)9-6-2/h9,12H,5-8,10H2,1-4H3. The summed E-state index contributed by atoms with van der Waals surface area (Å²) in [5.74, 6) is 0.802. The molecule has 0 aliphatic heterocycles. The third-order valence-corrected chi connectivity index (χ3v) is 2.54. The fourth-order valence-electron chi connectivity index (χ4n) is 1.45. The zero-order chi connectivity index (χ0) is 9.40. The van der Waals surface area contributed by atoms with Crippen LogP contribution < -0.4 is 0 Å². The van der Waals surface area contributed by atoms with Gasteiger partial charge in [-0.25, -0.2) is 0 Å². The Labute approximate surface area is 78.1 Å². The number of hydrogen-bond donors (Lipinski definition) is 0. The van der Waals surface area contributed by atoms with Gasteiger partial charge >= 0.3 is 0 Å². The first-order chi connectivity index (χ1) is 5.72. The van der Waals surface area contributed by atoms with E-state index in [2.05, 4.69) is 33.8 Å². The van der Waals surface area contributed by atoms with Gasteiger partial charge in [-0.2, -0.15) is 0 Å². The van der Waals surface area contributed by atoms with Crippen molar-refractivity contribution in [3.8, 4) is 0 Å². The summed E-state index contributed by atoms with van der Waals surface area (Å²) >= 11 is 0. The van der Waals surface area contributed by atoms with Gasteiger partial charge in [0.2, 0.25) is 0 Å².